The Morgan fingerprint density at radius 1 is 1.07 bits per heavy atom. The summed E-state index contributed by atoms with van der Waals surface area (Å²) in [5, 5.41) is 3.06. The average Bonchev–Trinajstić information content (AvgIpc) is 3.27. The number of imidazole rings is 1. The number of hydrogen-bond acceptors (Lipinski definition) is 2. The molecule has 1 atom stereocenters. The first kappa shape index (κ1) is 15.9. The molecule has 0 saturated heterocycles. The van der Waals surface area contributed by atoms with Gasteiger partial charge in [0.2, 0.25) is 0 Å². The summed E-state index contributed by atoms with van der Waals surface area (Å²) in [4.78, 5) is 17.3. The lowest BCUT2D eigenvalue weighted by Gasteiger charge is -2.13. The van der Waals surface area contributed by atoms with Crippen LogP contribution in [0.5, 0.6) is 0 Å². The predicted molar refractivity (Wildman–Crippen MR) is 106 cm³/mol. The molecule has 0 fully saturated rings. The highest BCUT2D eigenvalue weighted by Crippen LogP contribution is 2.29. The Morgan fingerprint density at radius 3 is 2.63 bits per heavy atom. The minimum Gasteiger partial charge on any atom is -0.350 e. The third-order valence-corrected chi connectivity index (χ3v) is 5.09. The first-order valence-electron chi connectivity index (χ1n) is 9.19. The Kier molecular flexibility index (Phi) is 3.60. The lowest BCUT2D eigenvalue weighted by Crippen LogP contribution is -2.33. The van der Waals surface area contributed by atoms with Crippen molar-refractivity contribution < 1.29 is 4.79 Å². The molecule has 27 heavy (non-hydrogen) atoms. The topological polar surface area (TPSA) is 51.9 Å². The standard InChI is InChI=1S/C22H20N4O/c1-15-13-26-20-18(22(27)23-15)5-4-6-19(20)24-21(26)17-9-7-16(8-10-17)14-25-11-2-3-12-25/h2-12,15H,13-14H2,1H3,(H,23,27)/t15-/m0/s1. The molecule has 0 aliphatic carbocycles. The van der Waals surface area contributed by atoms with E-state index < -0.39 is 0 Å². The largest absolute Gasteiger partial charge is 0.350 e. The maximum absolute atomic E-state index is 12.5. The SMILES string of the molecule is C[C@H]1Cn2c(-c3ccc(Cn4cccc4)cc3)nc3cccc(c32)C(=O)N1. The van der Waals surface area contributed by atoms with Gasteiger partial charge in [-0.05, 0) is 36.8 Å². The first-order valence-corrected chi connectivity index (χ1v) is 9.19. The van der Waals surface area contributed by atoms with Crippen molar-refractivity contribution >= 4 is 16.9 Å². The molecule has 5 rings (SSSR count). The van der Waals surface area contributed by atoms with Crippen LogP contribution in [0.3, 0.4) is 0 Å². The fourth-order valence-corrected chi connectivity index (χ4v) is 3.83. The summed E-state index contributed by atoms with van der Waals surface area (Å²) >= 11 is 0. The van der Waals surface area contributed by atoms with Gasteiger partial charge in [-0.2, -0.15) is 0 Å². The molecule has 2 aromatic carbocycles. The smallest absolute Gasteiger partial charge is 0.253 e. The second kappa shape index (κ2) is 6.13. The molecule has 5 heteroatoms. The van der Waals surface area contributed by atoms with Gasteiger partial charge in [-0.3, -0.25) is 4.79 Å². The summed E-state index contributed by atoms with van der Waals surface area (Å²) in [6.07, 6.45) is 4.13. The summed E-state index contributed by atoms with van der Waals surface area (Å²) in [6.45, 7) is 3.59. The van der Waals surface area contributed by atoms with Crippen LogP contribution in [0.1, 0.15) is 22.8 Å². The average molecular weight is 356 g/mol. The maximum Gasteiger partial charge on any atom is 0.253 e. The van der Waals surface area contributed by atoms with Gasteiger partial charge in [-0.15, -0.1) is 0 Å². The van der Waals surface area contributed by atoms with E-state index in [2.05, 4.69) is 51.1 Å². The van der Waals surface area contributed by atoms with Crippen LogP contribution in [-0.2, 0) is 13.1 Å². The summed E-state index contributed by atoms with van der Waals surface area (Å²) in [5.74, 6) is 0.883. The minimum atomic E-state index is -0.0274. The number of para-hydroxylation sites is 1. The van der Waals surface area contributed by atoms with Gasteiger partial charge in [0.25, 0.3) is 5.91 Å². The van der Waals surface area contributed by atoms with Gasteiger partial charge in [0.05, 0.1) is 16.6 Å². The second-order valence-corrected chi connectivity index (χ2v) is 7.15. The number of benzene rings is 2. The third-order valence-electron chi connectivity index (χ3n) is 5.09. The Balaban J connectivity index is 1.59. The van der Waals surface area contributed by atoms with Crippen molar-refractivity contribution in [1.29, 1.82) is 0 Å². The zero-order valence-corrected chi connectivity index (χ0v) is 15.1. The monoisotopic (exact) mass is 356 g/mol. The van der Waals surface area contributed by atoms with E-state index in [1.165, 1.54) is 5.56 Å². The van der Waals surface area contributed by atoms with Gasteiger partial charge in [0.1, 0.15) is 5.82 Å². The number of carbonyl (C=O) groups is 1. The molecule has 1 aliphatic rings. The van der Waals surface area contributed by atoms with E-state index >= 15 is 0 Å². The molecule has 0 bridgehead atoms. The van der Waals surface area contributed by atoms with Crippen molar-refractivity contribution in [3.63, 3.8) is 0 Å². The van der Waals surface area contributed by atoms with Gasteiger partial charge in [0, 0.05) is 37.1 Å². The third kappa shape index (κ3) is 2.72. The second-order valence-electron chi connectivity index (χ2n) is 7.15. The number of nitrogens with zero attached hydrogens (tertiary/aromatic N) is 3. The van der Waals surface area contributed by atoms with Gasteiger partial charge >= 0.3 is 0 Å². The molecule has 4 aromatic rings. The zero-order valence-electron chi connectivity index (χ0n) is 15.1. The molecular weight excluding hydrogens is 336 g/mol. The lowest BCUT2D eigenvalue weighted by atomic mass is 10.1. The number of aromatic nitrogens is 3. The van der Waals surface area contributed by atoms with Gasteiger partial charge in [-0.25, -0.2) is 4.98 Å². The lowest BCUT2D eigenvalue weighted by molar-refractivity contribution is 0.0942. The summed E-state index contributed by atoms with van der Waals surface area (Å²) in [5.41, 5.74) is 4.79. The predicted octanol–water partition coefficient (Wildman–Crippen LogP) is 3.69. The van der Waals surface area contributed by atoms with Gasteiger partial charge in [0.15, 0.2) is 0 Å². The highest BCUT2D eigenvalue weighted by molar-refractivity contribution is 6.06. The van der Waals surface area contributed by atoms with Crippen molar-refractivity contribution in [1.82, 2.24) is 19.4 Å². The summed E-state index contributed by atoms with van der Waals surface area (Å²) in [6, 6.07) is 18.4. The number of amides is 1. The van der Waals surface area contributed by atoms with Crippen LogP contribution in [0.2, 0.25) is 0 Å². The van der Waals surface area contributed by atoms with E-state index in [1.807, 2.05) is 37.3 Å². The molecule has 3 heterocycles. The zero-order chi connectivity index (χ0) is 18.4. The van der Waals surface area contributed by atoms with Crippen LogP contribution in [0.25, 0.3) is 22.4 Å². The van der Waals surface area contributed by atoms with Crippen molar-refractivity contribution in [2.75, 3.05) is 0 Å². The van der Waals surface area contributed by atoms with E-state index in [4.69, 9.17) is 4.98 Å². The minimum absolute atomic E-state index is 0.0274. The van der Waals surface area contributed by atoms with E-state index in [-0.39, 0.29) is 11.9 Å². The molecule has 134 valence electrons. The normalized spacial score (nSPS) is 16.3. The highest BCUT2D eigenvalue weighted by Gasteiger charge is 2.24. The van der Waals surface area contributed by atoms with Gasteiger partial charge in [-0.1, -0.05) is 30.3 Å². The molecule has 0 unspecified atom stereocenters. The number of carbonyl (C=O) groups excluding carboxylic acids is 1. The molecule has 1 N–H and O–H groups in total. The van der Waals surface area contributed by atoms with Crippen molar-refractivity contribution in [3.8, 4) is 11.4 Å². The van der Waals surface area contributed by atoms with Crippen LogP contribution in [-0.4, -0.2) is 26.1 Å². The van der Waals surface area contributed by atoms with Crippen LogP contribution in [0, 0.1) is 0 Å². The first-order chi connectivity index (χ1) is 13.2. The molecule has 0 radical (unpaired) electrons. The molecule has 5 nitrogen and oxygen atoms in total. The van der Waals surface area contributed by atoms with Crippen LogP contribution >= 0.6 is 0 Å². The molecule has 1 aliphatic heterocycles. The maximum atomic E-state index is 12.5. The molecular formula is C22H20N4O. The Bertz CT molecular complexity index is 1120. The van der Waals surface area contributed by atoms with Crippen LogP contribution < -0.4 is 5.32 Å². The highest BCUT2D eigenvalue weighted by atomic mass is 16.1. The molecule has 0 spiro atoms. The fraction of sp³-hybridized carbons (Fsp3) is 0.182. The van der Waals surface area contributed by atoms with Gasteiger partial charge < -0.3 is 14.5 Å². The molecule has 0 saturated carbocycles. The number of hydrogen-bond donors (Lipinski definition) is 1. The quantitative estimate of drug-likeness (QED) is 0.609. The van der Waals surface area contributed by atoms with E-state index in [0.717, 1.165) is 29.0 Å². The van der Waals surface area contributed by atoms with Crippen LogP contribution in [0.15, 0.2) is 67.0 Å². The molecule has 1 amide bonds. The van der Waals surface area contributed by atoms with E-state index in [1.54, 1.807) is 0 Å². The Morgan fingerprint density at radius 2 is 1.85 bits per heavy atom. The van der Waals surface area contributed by atoms with E-state index in [0.29, 0.717) is 12.1 Å². The van der Waals surface area contributed by atoms with E-state index in [9.17, 15) is 4.79 Å². The Labute approximate surface area is 157 Å². The number of nitrogens with one attached hydrogen (secondary N) is 1. The fourth-order valence-electron chi connectivity index (χ4n) is 3.83. The summed E-state index contributed by atoms with van der Waals surface area (Å²) in [7, 11) is 0. The number of rotatable bonds is 3. The van der Waals surface area contributed by atoms with Crippen molar-refractivity contribution in [2.45, 2.75) is 26.1 Å². The van der Waals surface area contributed by atoms with Crippen molar-refractivity contribution in [3.05, 3.63) is 78.1 Å². The van der Waals surface area contributed by atoms with Crippen LogP contribution in [0.4, 0.5) is 0 Å². The molecule has 2 aromatic heterocycles. The van der Waals surface area contributed by atoms with Crippen molar-refractivity contribution in [2.24, 2.45) is 0 Å². The Hall–Kier alpha value is -3.34. The summed E-state index contributed by atoms with van der Waals surface area (Å²) < 4.78 is 4.33.